The number of pyridine rings is 2. The van der Waals surface area contributed by atoms with Gasteiger partial charge in [0.1, 0.15) is 0 Å². The molecule has 5 rings (SSSR count). The minimum atomic E-state index is 0.655. The van der Waals surface area contributed by atoms with Crippen LogP contribution < -0.4 is 0 Å². The molecule has 0 unspecified atom stereocenters. The van der Waals surface area contributed by atoms with Gasteiger partial charge in [0.2, 0.25) is 0 Å². The Kier molecular flexibility index (Phi) is 3.50. The molecule has 2 aliphatic rings. The fraction of sp³-hybridized carbons (Fsp3) is 0.455. The summed E-state index contributed by atoms with van der Waals surface area (Å²) in [4.78, 5) is 10.2. The Balaban J connectivity index is 1.67. The van der Waals surface area contributed by atoms with Crippen molar-refractivity contribution in [2.75, 3.05) is 0 Å². The molecule has 2 aliphatic carbocycles. The summed E-state index contributed by atoms with van der Waals surface area (Å²) >= 11 is 0. The molecule has 2 fully saturated rings. The lowest BCUT2D eigenvalue weighted by molar-refractivity contribution is 0.699. The number of hydrogen-bond acceptors (Lipinski definition) is 2. The van der Waals surface area contributed by atoms with Gasteiger partial charge in [-0.2, -0.15) is 0 Å². The molecular formula is C22H24N2. The van der Waals surface area contributed by atoms with Gasteiger partial charge < -0.3 is 0 Å². The Morgan fingerprint density at radius 2 is 0.917 bits per heavy atom. The standard InChI is InChI=1S/C22H24N2/c1-2-6-15(5-1)19-13-11-17-9-10-18-12-14-20(16-7-3-4-8-16)24-22(18)21(17)23-19/h9-16H,1-8H2. The van der Waals surface area contributed by atoms with E-state index in [4.69, 9.17) is 9.97 Å². The minimum Gasteiger partial charge on any atom is -0.250 e. The quantitative estimate of drug-likeness (QED) is 0.534. The zero-order valence-electron chi connectivity index (χ0n) is 14.2. The van der Waals surface area contributed by atoms with Gasteiger partial charge in [-0.15, -0.1) is 0 Å². The summed E-state index contributed by atoms with van der Waals surface area (Å²) < 4.78 is 0. The van der Waals surface area contributed by atoms with Crippen molar-refractivity contribution in [2.24, 2.45) is 0 Å². The first-order chi connectivity index (χ1) is 11.9. The lowest BCUT2D eigenvalue weighted by Crippen LogP contribution is -1.99. The largest absolute Gasteiger partial charge is 0.250 e. The van der Waals surface area contributed by atoms with Crippen molar-refractivity contribution in [1.82, 2.24) is 9.97 Å². The third-order valence-corrected chi connectivity index (χ3v) is 6.11. The molecule has 3 aromatic rings. The van der Waals surface area contributed by atoms with E-state index in [1.54, 1.807) is 0 Å². The van der Waals surface area contributed by atoms with Crippen LogP contribution in [0.25, 0.3) is 21.8 Å². The van der Waals surface area contributed by atoms with Crippen LogP contribution in [0.2, 0.25) is 0 Å². The number of aromatic nitrogens is 2. The van der Waals surface area contributed by atoms with Crippen LogP contribution in [0, 0.1) is 0 Å². The molecule has 0 N–H and O–H groups in total. The summed E-state index contributed by atoms with van der Waals surface area (Å²) in [6.07, 6.45) is 10.6. The van der Waals surface area contributed by atoms with Crippen molar-refractivity contribution in [3.05, 3.63) is 47.8 Å². The second-order valence-corrected chi connectivity index (χ2v) is 7.64. The Hall–Kier alpha value is -1.96. The molecule has 0 atom stereocenters. The van der Waals surface area contributed by atoms with Crippen LogP contribution in [0.15, 0.2) is 36.4 Å². The molecule has 2 heterocycles. The van der Waals surface area contributed by atoms with Crippen LogP contribution in [-0.2, 0) is 0 Å². The monoisotopic (exact) mass is 316 g/mol. The van der Waals surface area contributed by atoms with E-state index in [9.17, 15) is 0 Å². The first-order valence-corrected chi connectivity index (χ1v) is 9.59. The van der Waals surface area contributed by atoms with Gasteiger partial charge in [-0.25, -0.2) is 0 Å². The number of rotatable bonds is 2. The van der Waals surface area contributed by atoms with E-state index in [1.807, 2.05) is 0 Å². The molecule has 0 amide bonds. The predicted octanol–water partition coefficient (Wildman–Crippen LogP) is 6.10. The maximum atomic E-state index is 5.09. The molecule has 0 bridgehead atoms. The van der Waals surface area contributed by atoms with Crippen LogP contribution in [-0.4, -0.2) is 9.97 Å². The zero-order valence-corrected chi connectivity index (χ0v) is 14.2. The normalized spacial score (nSPS) is 19.7. The summed E-state index contributed by atoms with van der Waals surface area (Å²) in [5.74, 6) is 1.31. The Morgan fingerprint density at radius 3 is 1.33 bits per heavy atom. The van der Waals surface area contributed by atoms with Crippen LogP contribution in [0.5, 0.6) is 0 Å². The predicted molar refractivity (Wildman–Crippen MR) is 99.5 cm³/mol. The van der Waals surface area contributed by atoms with Crippen molar-refractivity contribution in [2.45, 2.75) is 63.2 Å². The summed E-state index contributed by atoms with van der Waals surface area (Å²) in [5, 5.41) is 2.45. The molecule has 1 aromatic carbocycles. The number of benzene rings is 1. The van der Waals surface area contributed by atoms with Crippen LogP contribution >= 0.6 is 0 Å². The summed E-state index contributed by atoms with van der Waals surface area (Å²) in [7, 11) is 0. The maximum Gasteiger partial charge on any atom is 0.0968 e. The molecule has 2 aromatic heterocycles. The average Bonchev–Trinajstić information content (AvgIpc) is 3.34. The van der Waals surface area contributed by atoms with Gasteiger partial charge in [0, 0.05) is 34.0 Å². The van der Waals surface area contributed by atoms with Gasteiger partial charge in [0.25, 0.3) is 0 Å². The molecule has 2 saturated carbocycles. The third kappa shape index (κ3) is 2.40. The number of nitrogens with zero attached hydrogens (tertiary/aromatic N) is 2. The lowest BCUT2D eigenvalue weighted by Gasteiger charge is -2.13. The first-order valence-electron chi connectivity index (χ1n) is 9.59. The minimum absolute atomic E-state index is 0.655. The zero-order chi connectivity index (χ0) is 15.9. The molecule has 0 radical (unpaired) electrons. The van der Waals surface area contributed by atoms with E-state index in [2.05, 4.69) is 36.4 Å². The van der Waals surface area contributed by atoms with Gasteiger partial charge in [0.15, 0.2) is 0 Å². The van der Waals surface area contributed by atoms with Crippen LogP contribution in [0.3, 0.4) is 0 Å². The van der Waals surface area contributed by atoms with E-state index >= 15 is 0 Å². The van der Waals surface area contributed by atoms with Crippen molar-refractivity contribution in [3.63, 3.8) is 0 Å². The Bertz CT molecular complexity index is 812. The highest BCUT2D eigenvalue weighted by Crippen LogP contribution is 2.36. The molecule has 0 saturated heterocycles. The summed E-state index contributed by atoms with van der Waals surface area (Å²) in [6, 6.07) is 13.4. The lowest BCUT2D eigenvalue weighted by atomic mass is 10.00. The third-order valence-electron chi connectivity index (χ3n) is 6.11. The van der Waals surface area contributed by atoms with Crippen molar-refractivity contribution >= 4 is 21.8 Å². The smallest absolute Gasteiger partial charge is 0.0968 e. The Labute approximate surface area is 143 Å². The van der Waals surface area contributed by atoms with Gasteiger partial charge in [-0.05, 0) is 37.8 Å². The molecule has 0 spiro atoms. The van der Waals surface area contributed by atoms with Crippen molar-refractivity contribution in [3.8, 4) is 0 Å². The molecule has 0 aliphatic heterocycles. The van der Waals surface area contributed by atoms with Crippen molar-refractivity contribution in [1.29, 1.82) is 0 Å². The average molecular weight is 316 g/mol. The molecule has 122 valence electrons. The molecule has 2 heteroatoms. The van der Waals surface area contributed by atoms with E-state index in [0.29, 0.717) is 11.8 Å². The second kappa shape index (κ2) is 5.84. The maximum absolute atomic E-state index is 5.09. The number of hydrogen-bond donors (Lipinski definition) is 0. The summed E-state index contributed by atoms with van der Waals surface area (Å²) in [6.45, 7) is 0. The Morgan fingerprint density at radius 1 is 0.542 bits per heavy atom. The first kappa shape index (κ1) is 14.4. The van der Waals surface area contributed by atoms with E-state index < -0.39 is 0 Å². The van der Waals surface area contributed by atoms with E-state index in [-0.39, 0.29) is 0 Å². The van der Waals surface area contributed by atoms with Gasteiger partial charge >= 0.3 is 0 Å². The fourth-order valence-electron chi connectivity index (χ4n) is 4.70. The van der Waals surface area contributed by atoms with Gasteiger partial charge in [0.05, 0.1) is 11.0 Å². The molecule has 24 heavy (non-hydrogen) atoms. The van der Waals surface area contributed by atoms with Crippen molar-refractivity contribution < 1.29 is 0 Å². The van der Waals surface area contributed by atoms with Gasteiger partial charge in [-0.1, -0.05) is 49.9 Å². The van der Waals surface area contributed by atoms with E-state index in [1.165, 1.54) is 73.5 Å². The highest BCUT2D eigenvalue weighted by molar-refractivity contribution is 6.02. The van der Waals surface area contributed by atoms with Crippen LogP contribution in [0.4, 0.5) is 0 Å². The van der Waals surface area contributed by atoms with Gasteiger partial charge in [-0.3, -0.25) is 9.97 Å². The van der Waals surface area contributed by atoms with E-state index in [0.717, 1.165) is 11.0 Å². The highest BCUT2D eigenvalue weighted by Gasteiger charge is 2.20. The SMILES string of the molecule is c1cc2ccc3ccc(C4CCCC4)nc3c2nc1C1CCCC1. The highest BCUT2D eigenvalue weighted by atomic mass is 14.8. The molecular weight excluding hydrogens is 292 g/mol. The summed E-state index contributed by atoms with van der Waals surface area (Å²) in [5.41, 5.74) is 4.77. The number of fused-ring (bicyclic) bond motifs is 3. The van der Waals surface area contributed by atoms with Crippen LogP contribution in [0.1, 0.15) is 74.6 Å². The second-order valence-electron chi connectivity index (χ2n) is 7.64. The topological polar surface area (TPSA) is 25.8 Å². The molecule has 2 nitrogen and oxygen atoms in total. The fourth-order valence-corrected chi connectivity index (χ4v) is 4.70.